The minimum absolute atomic E-state index is 0. The summed E-state index contributed by atoms with van der Waals surface area (Å²) < 4.78 is 0. The zero-order valence-electron chi connectivity index (χ0n) is 23.0. The standard InChI is InChI=1S/C36H28N2S2.Zn/c1-23(35-27-13-5-3-11-25(27)19-21-33(35)39)37-31-17-9-7-15-29(31)30-16-8-10-18-32(30)38-24(2)36-28-14-6-4-12-26(28)20-22-34(36)40;/h3-22,39-40H,1-2H3;/q;+2/p-2. The molecule has 2 nitrogen and oxygen atoms in total. The van der Waals surface area contributed by atoms with Crippen molar-refractivity contribution in [1.29, 1.82) is 0 Å². The fraction of sp³-hybridized carbons (Fsp3) is 0.0556. The molecule has 0 saturated carbocycles. The summed E-state index contributed by atoms with van der Waals surface area (Å²) in [5.41, 5.74) is 7.54. The molecule has 6 rings (SSSR count). The van der Waals surface area contributed by atoms with Gasteiger partial charge in [0.1, 0.15) is 0 Å². The van der Waals surface area contributed by atoms with E-state index in [1.54, 1.807) is 0 Å². The van der Waals surface area contributed by atoms with Crippen molar-refractivity contribution in [2.24, 2.45) is 9.98 Å². The van der Waals surface area contributed by atoms with Crippen molar-refractivity contribution in [3.8, 4) is 11.1 Å². The van der Waals surface area contributed by atoms with Gasteiger partial charge in [0.15, 0.2) is 0 Å². The number of para-hydroxylation sites is 2. The zero-order chi connectivity index (χ0) is 27.6. The van der Waals surface area contributed by atoms with Crippen LogP contribution in [-0.2, 0) is 44.7 Å². The Morgan fingerprint density at radius 3 is 1.27 bits per heavy atom. The number of fused-ring (bicyclic) bond motifs is 2. The van der Waals surface area contributed by atoms with Crippen LogP contribution in [0.4, 0.5) is 11.4 Å². The van der Waals surface area contributed by atoms with Gasteiger partial charge in [-0.15, -0.1) is 0 Å². The van der Waals surface area contributed by atoms with Crippen LogP contribution in [0.5, 0.6) is 0 Å². The van der Waals surface area contributed by atoms with Gasteiger partial charge in [-0.25, -0.2) is 0 Å². The third-order valence-corrected chi connectivity index (χ3v) is 7.86. The minimum Gasteiger partial charge on any atom is -0.779 e. The minimum atomic E-state index is 0. The molecule has 0 radical (unpaired) electrons. The summed E-state index contributed by atoms with van der Waals surface area (Å²) >= 11 is 11.5. The van der Waals surface area contributed by atoms with E-state index in [1.165, 1.54) is 0 Å². The first kappa shape index (κ1) is 28.8. The number of hydrogen-bond donors (Lipinski definition) is 0. The van der Waals surface area contributed by atoms with E-state index in [1.807, 2.05) is 86.6 Å². The van der Waals surface area contributed by atoms with Crippen LogP contribution < -0.4 is 0 Å². The molecule has 0 bridgehead atoms. The summed E-state index contributed by atoms with van der Waals surface area (Å²) in [5, 5.41) is 4.53. The van der Waals surface area contributed by atoms with Gasteiger partial charge in [0, 0.05) is 22.6 Å². The summed E-state index contributed by atoms with van der Waals surface area (Å²) in [4.78, 5) is 11.9. The number of rotatable bonds is 5. The van der Waals surface area contributed by atoms with E-state index in [9.17, 15) is 0 Å². The number of nitrogens with zero attached hydrogens (tertiary/aromatic N) is 2. The fourth-order valence-corrected chi connectivity index (χ4v) is 5.97. The molecule has 0 aliphatic rings. The Hall–Kier alpha value is -3.76. The summed E-state index contributed by atoms with van der Waals surface area (Å²) in [6, 6.07) is 41.2. The predicted octanol–water partition coefficient (Wildman–Crippen LogP) is 9.75. The van der Waals surface area contributed by atoms with Crippen LogP contribution in [0.1, 0.15) is 25.0 Å². The largest absolute Gasteiger partial charge is 2.00 e. The molecule has 0 aliphatic heterocycles. The van der Waals surface area contributed by atoms with Gasteiger partial charge in [0.25, 0.3) is 0 Å². The molecule has 0 aliphatic carbocycles. The average Bonchev–Trinajstić information content (AvgIpc) is 2.97. The Morgan fingerprint density at radius 2 is 0.829 bits per heavy atom. The van der Waals surface area contributed by atoms with Gasteiger partial charge in [-0.2, -0.15) is 9.79 Å². The quantitative estimate of drug-likeness (QED) is 0.110. The topological polar surface area (TPSA) is 24.7 Å². The van der Waals surface area contributed by atoms with E-state index < -0.39 is 0 Å². The fourth-order valence-electron chi connectivity index (χ4n) is 5.32. The van der Waals surface area contributed by atoms with Crippen molar-refractivity contribution in [3.63, 3.8) is 0 Å². The number of hydrogen-bond acceptors (Lipinski definition) is 4. The van der Waals surface area contributed by atoms with Crippen LogP contribution in [0, 0.1) is 0 Å². The van der Waals surface area contributed by atoms with Gasteiger partial charge in [-0.1, -0.05) is 109 Å². The van der Waals surface area contributed by atoms with E-state index >= 15 is 0 Å². The summed E-state index contributed by atoms with van der Waals surface area (Å²) in [6.45, 7) is 4.07. The first-order valence-corrected chi connectivity index (χ1v) is 14.0. The van der Waals surface area contributed by atoms with Crippen molar-refractivity contribution in [3.05, 3.63) is 132 Å². The second-order valence-electron chi connectivity index (χ2n) is 9.75. The van der Waals surface area contributed by atoms with Crippen molar-refractivity contribution in [1.82, 2.24) is 0 Å². The molecule has 194 valence electrons. The Kier molecular flexibility index (Phi) is 8.70. The second kappa shape index (κ2) is 12.4. The van der Waals surface area contributed by atoms with E-state index in [0.29, 0.717) is 0 Å². The maximum atomic E-state index is 5.75. The molecule has 0 fully saturated rings. The number of benzene rings is 6. The molecule has 0 saturated heterocycles. The number of aliphatic imine (C=N–C) groups is 2. The van der Waals surface area contributed by atoms with Crippen LogP contribution in [0.15, 0.2) is 141 Å². The van der Waals surface area contributed by atoms with Crippen LogP contribution in [0.3, 0.4) is 0 Å². The molecule has 41 heavy (non-hydrogen) atoms. The molecule has 0 unspecified atom stereocenters. The van der Waals surface area contributed by atoms with Crippen molar-refractivity contribution in [2.75, 3.05) is 0 Å². The molecule has 0 heterocycles. The summed E-state index contributed by atoms with van der Waals surface area (Å²) in [7, 11) is 0. The van der Waals surface area contributed by atoms with E-state index in [-0.39, 0.29) is 19.5 Å². The Morgan fingerprint density at radius 1 is 0.463 bits per heavy atom. The Bertz CT molecular complexity index is 1820. The molecule has 6 aromatic carbocycles. The van der Waals surface area contributed by atoms with Gasteiger partial charge in [-0.05, 0) is 58.7 Å². The van der Waals surface area contributed by atoms with Crippen molar-refractivity contribution >= 4 is 69.6 Å². The molecule has 6 aromatic rings. The Balaban J connectivity index is 0.00000337. The van der Waals surface area contributed by atoms with Crippen LogP contribution in [0.2, 0.25) is 0 Å². The van der Waals surface area contributed by atoms with E-state index in [4.69, 9.17) is 35.2 Å². The summed E-state index contributed by atoms with van der Waals surface area (Å²) in [6.07, 6.45) is 0. The van der Waals surface area contributed by atoms with E-state index in [0.717, 1.165) is 76.4 Å². The molecular weight excluding hydrogens is 590 g/mol. The predicted molar refractivity (Wildman–Crippen MR) is 175 cm³/mol. The monoisotopic (exact) mass is 614 g/mol. The molecular formula is C36H26N2S2Zn. The average molecular weight is 616 g/mol. The van der Waals surface area contributed by atoms with Crippen LogP contribution in [-0.4, -0.2) is 11.4 Å². The first-order chi connectivity index (χ1) is 19.5. The molecule has 0 N–H and O–H groups in total. The zero-order valence-corrected chi connectivity index (χ0v) is 27.6. The third kappa shape index (κ3) is 5.71. The van der Waals surface area contributed by atoms with Gasteiger partial charge >= 0.3 is 19.5 Å². The Labute approximate surface area is 264 Å². The van der Waals surface area contributed by atoms with Crippen LogP contribution >= 0.6 is 0 Å². The van der Waals surface area contributed by atoms with Crippen LogP contribution in [0.25, 0.3) is 32.7 Å². The SMILES string of the molecule is CC(=Nc1ccccc1-c1ccccc1N=C(C)c1c([S-])ccc2ccccc12)c1c([S-])ccc2ccccc12.[Zn+2]. The maximum absolute atomic E-state index is 5.75. The van der Waals surface area contributed by atoms with Gasteiger partial charge in [0.2, 0.25) is 0 Å². The molecule has 5 heteroatoms. The molecule has 0 spiro atoms. The van der Waals surface area contributed by atoms with Gasteiger partial charge in [0.05, 0.1) is 11.4 Å². The first-order valence-electron chi connectivity index (χ1n) is 13.2. The molecule has 0 atom stereocenters. The van der Waals surface area contributed by atoms with Crippen molar-refractivity contribution in [2.45, 2.75) is 23.6 Å². The van der Waals surface area contributed by atoms with E-state index in [2.05, 4.69) is 48.5 Å². The smallest absolute Gasteiger partial charge is 0.779 e. The molecule has 0 aromatic heterocycles. The normalized spacial score (nSPS) is 12.0. The molecule has 0 amide bonds. The third-order valence-electron chi connectivity index (χ3n) is 7.18. The van der Waals surface area contributed by atoms with Gasteiger partial charge in [-0.3, -0.25) is 9.98 Å². The van der Waals surface area contributed by atoms with Gasteiger partial charge < -0.3 is 25.3 Å². The second-order valence-corrected chi connectivity index (χ2v) is 10.6. The summed E-state index contributed by atoms with van der Waals surface area (Å²) in [5.74, 6) is 0. The van der Waals surface area contributed by atoms with Crippen molar-refractivity contribution < 1.29 is 19.5 Å². The maximum Gasteiger partial charge on any atom is 2.00 e.